The summed E-state index contributed by atoms with van der Waals surface area (Å²) in [4.78, 5) is 4.04. The lowest BCUT2D eigenvalue weighted by Crippen LogP contribution is -2.43. The Morgan fingerprint density at radius 1 is 1.12 bits per heavy atom. The van der Waals surface area contributed by atoms with Gasteiger partial charge < -0.3 is 10.4 Å². The molecular formula is C24H38N4O3S. The number of hydrogen-bond donors (Lipinski definition) is 4. The molecule has 1 aromatic heterocycles. The molecule has 32 heavy (non-hydrogen) atoms. The Hall–Kier alpha value is -2.00. The smallest absolute Gasteiger partial charge is 0.299 e. The average molecular weight is 463 g/mol. The van der Waals surface area contributed by atoms with E-state index in [1.165, 1.54) is 0 Å². The van der Waals surface area contributed by atoms with Crippen LogP contribution in [-0.4, -0.2) is 36.6 Å². The lowest BCUT2D eigenvalue weighted by molar-refractivity contribution is 0.160. The zero-order chi connectivity index (χ0) is 23.6. The molecule has 0 saturated carbocycles. The molecule has 4 N–H and O–H groups in total. The lowest BCUT2D eigenvalue weighted by Gasteiger charge is -2.28. The van der Waals surface area contributed by atoms with Crippen molar-refractivity contribution < 1.29 is 13.5 Å². The summed E-state index contributed by atoms with van der Waals surface area (Å²) in [5.74, 6) is 0. The van der Waals surface area contributed by atoms with Gasteiger partial charge in [0, 0.05) is 41.8 Å². The van der Waals surface area contributed by atoms with Crippen LogP contribution in [0, 0.1) is 0 Å². The third-order valence-electron chi connectivity index (χ3n) is 5.29. The molecular weight excluding hydrogens is 424 g/mol. The van der Waals surface area contributed by atoms with E-state index >= 15 is 0 Å². The first-order valence-electron chi connectivity index (χ1n) is 11.3. The van der Waals surface area contributed by atoms with Crippen molar-refractivity contribution in [2.45, 2.75) is 77.5 Å². The van der Waals surface area contributed by atoms with E-state index in [1.807, 2.05) is 31.2 Å². The van der Waals surface area contributed by atoms with Crippen LogP contribution in [0.4, 0.5) is 5.69 Å². The zero-order valence-electron chi connectivity index (χ0n) is 19.6. The molecule has 0 aliphatic rings. The molecule has 0 amide bonds. The number of benzene rings is 1. The summed E-state index contributed by atoms with van der Waals surface area (Å²) >= 11 is 0. The first-order valence-corrected chi connectivity index (χ1v) is 12.8. The van der Waals surface area contributed by atoms with Gasteiger partial charge in [-0.3, -0.25) is 9.71 Å². The van der Waals surface area contributed by atoms with Gasteiger partial charge in [0.1, 0.15) is 0 Å². The predicted molar refractivity (Wildman–Crippen MR) is 131 cm³/mol. The van der Waals surface area contributed by atoms with Crippen LogP contribution in [-0.2, 0) is 16.6 Å². The first kappa shape index (κ1) is 26.3. The van der Waals surface area contributed by atoms with E-state index in [0.717, 1.165) is 43.2 Å². The summed E-state index contributed by atoms with van der Waals surface area (Å²) in [6, 6.07) is 10.9. The third-order valence-corrected chi connectivity index (χ3v) is 6.51. The summed E-state index contributed by atoms with van der Waals surface area (Å²) < 4.78 is 30.0. The van der Waals surface area contributed by atoms with Crippen LogP contribution < -0.4 is 14.8 Å². The van der Waals surface area contributed by atoms with Gasteiger partial charge in [-0.15, -0.1) is 0 Å². The standard InChI is InChI=1S/C24H38N4O3S/c1-5-6-7-9-19(2)27-32(30,31)28-22-13-11-20(12-14-22)16-24(3,4)26-18-23(29)21-10-8-15-25-17-21/h8,10-15,17,19,23,26-29H,5-7,9,16,18H2,1-4H3/t19?,23-/m0/s1. The Labute approximate surface area is 193 Å². The topological polar surface area (TPSA) is 103 Å². The number of nitrogens with one attached hydrogen (secondary N) is 3. The molecule has 0 saturated heterocycles. The SMILES string of the molecule is CCCCCC(C)NS(=O)(=O)Nc1ccc(CC(C)(C)NC[C@H](O)c2cccnc2)cc1. The fourth-order valence-electron chi connectivity index (χ4n) is 3.54. The van der Waals surface area contributed by atoms with Gasteiger partial charge in [-0.1, -0.05) is 44.4 Å². The van der Waals surface area contributed by atoms with Crippen molar-refractivity contribution in [2.24, 2.45) is 0 Å². The number of aliphatic hydroxyl groups is 1. The van der Waals surface area contributed by atoms with Crippen molar-refractivity contribution in [1.82, 2.24) is 15.0 Å². The molecule has 7 nitrogen and oxygen atoms in total. The molecule has 1 aromatic carbocycles. The van der Waals surface area contributed by atoms with Crippen molar-refractivity contribution in [3.8, 4) is 0 Å². The largest absolute Gasteiger partial charge is 0.387 e. The van der Waals surface area contributed by atoms with Crippen LogP contribution >= 0.6 is 0 Å². The van der Waals surface area contributed by atoms with Crippen LogP contribution in [0.25, 0.3) is 0 Å². The highest BCUT2D eigenvalue weighted by atomic mass is 32.2. The Kier molecular flexibility index (Phi) is 10.1. The number of hydrogen-bond acceptors (Lipinski definition) is 5. The van der Waals surface area contributed by atoms with E-state index in [9.17, 15) is 13.5 Å². The second-order valence-electron chi connectivity index (χ2n) is 9.06. The van der Waals surface area contributed by atoms with Crippen LogP contribution in [0.5, 0.6) is 0 Å². The van der Waals surface area contributed by atoms with Crippen molar-refractivity contribution in [3.05, 3.63) is 59.9 Å². The molecule has 2 aromatic rings. The van der Waals surface area contributed by atoms with Crippen molar-refractivity contribution >= 4 is 15.9 Å². The molecule has 0 aliphatic heterocycles. The van der Waals surface area contributed by atoms with Gasteiger partial charge in [-0.2, -0.15) is 13.1 Å². The Morgan fingerprint density at radius 2 is 1.84 bits per heavy atom. The quantitative estimate of drug-likeness (QED) is 0.318. The number of aliphatic hydroxyl groups excluding tert-OH is 1. The van der Waals surface area contributed by atoms with E-state index < -0.39 is 16.3 Å². The van der Waals surface area contributed by atoms with Crippen LogP contribution in [0.15, 0.2) is 48.8 Å². The van der Waals surface area contributed by atoms with E-state index in [0.29, 0.717) is 12.2 Å². The minimum atomic E-state index is -3.61. The summed E-state index contributed by atoms with van der Waals surface area (Å²) in [5.41, 5.74) is 2.13. The van der Waals surface area contributed by atoms with Crippen molar-refractivity contribution in [1.29, 1.82) is 0 Å². The van der Waals surface area contributed by atoms with E-state index in [2.05, 4.69) is 40.5 Å². The Bertz CT molecular complexity index is 903. The monoisotopic (exact) mass is 462 g/mol. The second kappa shape index (κ2) is 12.3. The fourth-order valence-corrected chi connectivity index (χ4v) is 4.69. The molecule has 0 aliphatic carbocycles. The highest BCUT2D eigenvalue weighted by molar-refractivity contribution is 7.90. The highest BCUT2D eigenvalue weighted by Gasteiger charge is 2.20. The lowest BCUT2D eigenvalue weighted by atomic mass is 9.94. The molecule has 0 spiro atoms. The molecule has 178 valence electrons. The number of rotatable bonds is 14. The maximum absolute atomic E-state index is 12.4. The van der Waals surface area contributed by atoms with Gasteiger partial charge in [0.05, 0.1) is 6.10 Å². The molecule has 2 atom stereocenters. The van der Waals surface area contributed by atoms with Gasteiger partial charge in [-0.05, 0) is 57.4 Å². The van der Waals surface area contributed by atoms with E-state index in [4.69, 9.17) is 0 Å². The van der Waals surface area contributed by atoms with Crippen LogP contribution in [0.3, 0.4) is 0 Å². The van der Waals surface area contributed by atoms with Crippen LogP contribution in [0.1, 0.15) is 70.6 Å². The van der Waals surface area contributed by atoms with Gasteiger partial charge in [0.15, 0.2) is 0 Å². The number of aromatic nitrogens is 1. The molecule has 1 heterocycles. The molecule has 0 fully saturated rings. The number of unbranched alkanes of at least 4 members (excludes halogenated alkanes) is 2. The molecule has 2 rings (SSSR count). The number of pyridine rings is 1. The Balaban J connectivity index is 1.85. The maximum atomic E-state index is 12.4. The predicted octanol–water partition coefficient (Wildman–Crippen LogP) is 3.94. The number of anilines is 1. The van der Waals surface area contributed by atoms with E-state index in [1.54, 1.807) is 24.5 Å². The van der Waals surface area contributed by atoms with Gasteiger partial charge in [-0.25, -0.2) is 0 Å². The molecule has 0 radical (unpaired) electrons. The summed E-state index contributed by atoms with van der Waals surface area (Å²) in [6.07, 6.45) is 7.50. The first-order chi connectivity index (χ1) is 15.1. The van der Waals surface area contributed by atoms with Gasteiger partial charge in [0.2, 0.25) is 0 Å². The summed E-state index contributed by atoms with van der Waals surface area (Å²) in [5, 5.41) is 13.7. The third kappa shape index (κ3) is 9.65. The Morgan fingerprint density at radius 3 is 2.47 bits per heavy atom. The molecule has 8 heteroatoms. The average Bonchev–Trinajstić information content (AvgIpc) is 2.73. The van der Waals surface area contributed by atoms with Crippen molar-refractivity contribution in [3.63, 3.8) is 0 Å². The van der Waals surface area contributed by atoms with Crippen molar-refractivity contribution in [2.75, 3.05) is 11.3 Å². The summed E-state index contributed by atoms with van der Waals surface area (Å²) in [7, 11) is -3.61. The second-order valence-corrected chi connectivity index (χ2v) is 10.5. The normalized spacial score (nSPS) is 14.2. The van der Waals surface area contributed by atoms with Crippen LogP contribution in [0.2, 0.25) is 0 Å². The zero-order valence-corrected chi connectivity index (χ0v) is 20.5. The van der Waals surface area contributed by atoms with Gasteiger partial charge >= 0.3 is 0 Å². The minimum Gasteiger partial charge on any atom is -0.387 e. The van der Waals surface area contributed by atoms with Gasteiger partial charge in [0.25, 0.3) is 10.2 Å². The minimum absolute atomic E-state index is 0.104. The highest BCUT2D eigenvalue weighted by Crippen LogP contribution is 2.18. The fraction of sp³-hybridized carbons (Fsp3) is 0.542. The molecule has 0 bridgehead atoms. The number of β-amino-alcohol motifs (C(OH)–C–C–N with tert-alkyl or cyclic N) is 1. The summed E-state index contributed by atoms with van der Waals surface area (Å²) in [6.45, 7) is 8.58. The molecule has 1 unspecified atom stereocenters. The van der Waals surface area contributed by atoms with E-state index in [-0.39, 0.29) is 11.6 Å². The number of nitrogens with zero attached hydrogens (tertiary/aromatic N) is 1. The maximum Gasteiger partial charge on any atom is 0.299 e.